The van der Waals surface area contributed by atoms with Crippen LogP contribution in [0.3, 0.4) is 0 Å². The molecule has 232 valence electrons. The molecule has 0 aliphatic rings. The third-order valence-electron chi connectivity index (χ3n) is 7.70. The van der Waals surface area contributed by atoms with Crippen LogP contribution in [-0.4, -0.2) is 38.4 Å². The fourth-order valence-corrected chi connectivity index (χ4v) is 5.06. The van der Waals surface area contributed by atoms with Crippen molar-refractivity contribution in [3.05, 3.63) is 59.2 Å². The van der Waals surface area contributed by atoms with Gasteiger partial charge in [-0.05, 0) is 30.7 Å². The molecule has 0 N–H and O–H groups in total. The van der Waals surface area contributed by atoms with Crippen LogP contribution in [0, 0.1) is 0 Å². The number of esters is 1. The summed E-state index contributed by atoms with van der Waals surface area (Å²) in [5.74, 6) is -0.150. The Morgan fingerprint density at radius 3 is 1.57 bits per heavy atom. The fraction of sp³-hybridized carbons (Fsp3) is 0.583. The quantitative estimate of drug-likeness (QED) is 0.0532. The van der Waals surface area contributed by atoms with Crippen molar-refractivity contribution in [3.63, 3.8) is 0 Å². The molecule has 2 aromatic rings. The van der Waals surface area contributed by atoms with Crippen LogP contribution in [0.25, 0.3) is 0 Å². The van der Waals surface area contributed by atoms with Gasteiger partial charge in [0.15, 0.2) is 11.6 Å². The summed E-state index contributed by atoms with van der Waals surface area (Å²) in [6.45, 7) is 2.67. The van der Waals surface area contributed by atoms with E-state index in [9.17, 15) is 14.4 Å². The Morgan fingerprint density at radius 2 is 1.07 bits per heavy atom. The summed E-state index contributed by atoms with van der Waals surface area (Å²) in [5.41, 5.74) is 1.08. The molecular formula is C36H52O6. The molecule has 42 heavy (non-hydrogen) atoms. The van der Waals surface area contributed by atoms with Gasteiger partial charge < -0.3 is 14.2 Å². The Kier molecular flexibility index (Phi) is 18.0. The summed E-state index contributed by atoms with van der Waals surface area (Å²) in [7, 11) is 2.99. The SMILES string of the molecule is CCCCCCCCCCCCCCCCCCOC(=O)c1ccc(C(=O)CC(=O)c2ccc(OC)cc2OC)cc1. The van der Waals surface area contributed by atoms with E-state index < -0.39 is 5.97 Å². The van der Waals surface area contributed by atoms with Gasteiger partial charge in [0.25, 0.3) is 0 Å². The molecule has 0 aliphatic carbocycles. The first-order valence-electron chi connectivity index (χ1n) is 16.1. The highest BCUT2D eigenvalue weighted by molar-refractivity contribution is 6.14. The third-order valence-corrected chi connectivity index (χ3v) is 7.70. The van der Waals surface area contributed by atoms with Crippen molar-refractivity contribution in [1.82, 2.24) is 0 Å². The summed E-state index contributed by atoms with van der Waals surface area (Å²) in [6.07, 6.45) is 20.5. The first kappa shape index (κ1) is 35.0. The lowest BCUT2D eigenvalue weighted by molar-refractivity contribution is 0.0497. The second kappa shape index (κ2) is 21.5. The Morgan fingerprint density at radius 1 is 0.571 bits per heavy atom. The molecule has 0 radical (unpaired) electrons. The van der Waals surface area contributed by atoms with E-state index in [4.69, 9.17) is 14.2 Å². The number of ether oxygens (including phenoxy) is 3. The number of benzene rings is 2. The minimum Gasteiger partial charge on any atom is -0.497 e. The van der Waals surface area contributed by atoms with Crippen molar-refractivity contribution >= 4 is 17.5 Å². The first-order chi connectivity index (χ1) is 20.5. The molecule has 2 rings (SSSR count). The van der Waals surface area contributed by atoms with Gasteiger partial charge in [0, 0.05) is 11.6 Å². The molecule has 0 atom stereocenters. The number of carbonyl (C=O) groups is 3. The molecule has 2 aromatic carbocycles. The zero-order valence-corrected chi connectivity index (χ0v) is 26.2. The van der Waals surface area contributed by atoms with E-state index in [1.54, 1.807) is 42.5 Å². The van der Waals surface area contributed by atoms with Crippen LogP contribution in [0.5, 0.6) is 11.5 Å². The Hall–Kier alpha value is -3.15. The normalized spacial score (nSPS) is 10.8. The maximum absolute atomic E-state index is 12.7. The molecule has 0 spiro atoms. The summed E-state index contributed by atoms with van der Waals surface area (Å²) >= 11 is 0. The molecule has 0 aromatic heterocycles. The standard InChI is InChI=1S/C36H52O6/c1-4-5-6-7-8-9-10-11-12-13-14-15-16-17-18-19-26-42-36(39)30-22-20-29(21-23-30)33(37)28-34(38)32-25-24-31(40-2)27-35(32)41-3/h20-25,27H,4-19,26,28H2,1-3H3. The number of hydrogen-bond donors (Lipinski definition) is 0. The molecule has 0 bridgehead atoms. The van der Waals surface area contributed by atoms with Crippen LogP contribution in [0.15, 0.2) is 42.5 Å². The number of carbonyl (C=O) groups excluding carboxylic acids is 3. The van der Waals surface area contributed by atoms with Crippen molar-refractivity contribution in [3.8, 4) is 11.5 Å². The van der Waals surface area contributed by atoms with E-state index in [0.717, 1.165) is 12.8 Å². The van der Waals surface area contributed by atoms with E-state index in [1.165, 1.54) is 104 Å². The third kappa shape index (κ3) is 13.7. The predicted molar refractivity (Wildman–Crippen MR) is 169 cm³/mol. The Balaban J connectivity index is 1.55. The van der Waals surface area contributed by atoms with E-state index in [1.807, 2.05) is 0 Å². The number of rotatable bonds is 24. The smallest absolute Gasteiger partial charge is 0.338 e. The van der Waals surface area contributed by atoms with Crippen molar-refractivity contribution in [2.45, 2.75) is 116 Å². The first-order valence-corrected chi connectivity index (χ1v) is 16.1. The van der Waals surface area contributed by atoms with Crippen LogP contribution in [0.1, 0.15) is 147 Å². The molecule has 0 unspecified atom stereocenters. The number of ketones is 2. The number of Topliss-reactive ketones (excluding diaryl/α,β-unsaturated/α-hetero) is 2. The van der Waals surface area contributed by atoms with E-state index in [-0.39, 0.29) is 18.0 Å². The fourth-order valence-electron chi connectivity index (χ4n) is 5.06. The van der Waals surface area contributed by atoms with Gasteiger partial charge in [0.05, 0.1) is 38.4 Å². The van der Waals surface area contributed by atoms with Crippen LogP contribution in [0.4, 0.5) is 0 Å². The summed E-state index contributed by atoms with van der Waals surface area (Å²) in [4.78, 5) is 37.8. The summed E-state index contributed by atoms with van der Waals surface area (Å²) in [6, 6.07) is 11.1. The molecule has 0 fully saturated rings. The van der Waals surface area contributed by atoms with E-state index in [2.05, 4.69) is 6.92 Å². The van der Waals surface area contributed by atoms with E-state index >= 15 is 0 Å². The van der Waals surface area contributed by atoms with Gasteiger partial charge in [0.2, 0.25) is 0 Å². The van der Waals surface area contributed by atoms with Crippen LogP contribution >= 0.6 is 0 Å². The summed E-state index contributed by atoms with van der Waals surface area (Å²) in [5, 5.41) is 0. The highest BCUT2D eigenvalue weighted by Gasteiger charge is 2.18. The van der Waals surface area contributed by atoms with Gasteiger partial charge in [0.1, 0.15) is 11.5 Å². The van der Waals surface area contributed by atoms with Crippen LogP contribution in [-0.2, 0) is 4.74 Å². The summed E-state index contributed by atoms with van der Waals surface area (Å²) < 4.78 is 15.8. The van der Waals surface area contributed by atoms with Gasteiger partial charge >= 0.3 is 5.97 Å². The molecule has 0 saturated carbocycles. The molecule has 0 saturated heterocycles. The predicted octanol–water partition coefficient (Wildman–Crippen LogP) is 9.58. The maximum Gasteiger partial charge on any atom is 0.338 e. The lowest BCUT2D eigenvalue weighted by Gasteiger charge is -2.09. The zero-order valence-electron chi connectivity index (χ0n) is 26.2. The van der Waals surface area contributed by atoms with Gasteiger partial charge in [-0.25, -0.2) is 4.79 Å². The average Bonchev–Trinajstić information content (AvgIpc) is 3.02. The number of hydrogen-bond acceptors (Lipinski definition) is 6. The molecule has 6 nitrogen and oxygen atoms in total. The molecule has 6 heteroatoms. The second-order valence-corrected chi connectivity index (χ2v) is 11.1. The van der Waals surface area contributed by atoms with Crippen LogP contribution < -0.4 is 9.47 Å². The molecule has 0 heterocycles. The number of unbranched alkanes of at least 4 members (excludes halogenated alkanes) is 15. The van der Waals surface area contributed by atoms with Crippen molar-refractivity contribution < 1.29 is 28.6 Å². The zero-order chi connectivity index (χ0) is 30.4. The number of methoxy groups -OCH3 is 2. The van der Waals surface area contributed by atoms with Crippen molar-refractivity contribution in [2.75, 3.05) is 20.8 Å². The van der Waals surface area contributed by atoms with Crippen LogP contribution in [0.2, 0.25) is 0 Å². The van der Waals surface area contributed by atoms with Gasteiger partial charge in [-0.2, -0.15) is 0 Å². The molecule has 0 amide bonds. The minimum atomic E-state index is -0.394. The largest absolute Gasteiger partial charge is 0.497 e. The lowest BCUT2D eigenvalue weighted by Crippen LogP contribution is -2.11. The van der Waals surface area contributed by atoms with Crippen molar-refractivity contribution in [2.24, 2.45) is 0 Å². The lowest BCUT2D eigenvalue weighted by atomic mass is 10.00. The monoisotopic (exact) mass is 580 g/mol. The highest BCUT2D eigenvalue weighted by Crippen LogP contribution is 2.26. The average molecular weight is 581 g/mol. The highest BCUT2D eigenvalue weighted by atomic mass is 16.5. The second-order valence-electron chi connectivity index (χ2n) is 11.1. The minimum absolute atomic E-state index is 0.300. The van der Waals surface area contributed by atoms with Gasteiger partial charge in [-0.15, -0.1) is 0 Å². The van der Waals surface area contributed by atoms with E-state index in [0.29, 0.717) is 34.8 Å². The molecular weight excluding hydrogens is 528 g/mol. The van der Waals surface area contributed by atoms with Gasteiger partial charge in [-0.3, -0.25) is 9.59 Å². The molecule has 0 aliphatic heterocycles. The Bertz CT molecular complexity index is 1060. The Labute approximate surface area is 253 Å². The van der Waals surface area contributed by atoms with Gasteiger partial charge in [-0.1, -0.05) is 115 Å². The van der Waals surface area contributed by atoms with Crippen molar-refractivity contribution in [1.29, 1.82) is 0 Å². The maximum atomic E-state index is 12.7. The topological polar surface area (TPSA) is 78.9 Å².